The second-order valence-electron chi connectivity index (χ2n) is 9.35. The highest BCUT2D eigenvalue weighted by atomic mass is 35.5. The van der Waals surface area contributed by atoms with E-state index in [4.69, 9.17) is 21.1 Å². The summed E-state index contributed by atoms with van der Waals surface area (Å²) in [6.07, 6.45) is 1.13. The van der Waals surface area contributed by atoms with Crippen molar-refractivity contribution in [1.29, 1.82) is 0 Å². The Balaban J connectivity index is 1.08. The SMILES string of the molecule is O=C(C1CCN(S(=O)(=O)Cc2ccc(Cl)cc2)CC1)N1CCN(Cc2ccc3c(c2)OCO3)CC1. The summed E-state index contributed by atoms with van der Waals surface area (Å²) < 4.78 is 38.1. The van der Waals surface area contributed by atoms with Crippen LogP contribution in [0.25, 0.3) is 0 Å². The number of halogens is 1. The number of sulfonamides is 1. The Morgan fingerprint density at radius 1 is 0.886 bits per heavy atom. The average Bonchev–Trinajstić information content (AvgIpc) is 3.33. The van der Waals surface area contributed by atoms with E-state index in [9.17, 15) is 13.2 Å². The first-order valence-corrected chi connectivity index (χ1v) is 14.0. The Hall–Kier alpha value is -2.33. The van der Waals surface area contributed by atoms with E-state index in [1.165, 1.54) is 9.87 Å². The van der Waals surface area contributed by atoms with Gasteiger partial charge in [-0.25, -0.2) is 12.7 Å². The van der Waals surface area contributed by atoms with E-state index in [-0.39, 0.29) is 24.4 Å². The third-order valence-electron chi connectivity index (χ3n) is 6.99. The molecule has 2 saturated heterocycles. The molecule has 10 heteroatoms. The molecular formula is C25H30ClN3O5S. The highest BCUT2D eigenvalue weighted by molar-refractivity contribution is 7.88. The van der Waals surface area contributed by atoms with Crippen LogP contribution in [0.4, 0.5) is 0 Å². The minimum absolute atomic E-state index is 0.0475. The van der Waals surface area contributed by atoms with Gasteiger partial charge in [0.2, 0.25) is 22.7 Å². The normalized spacial score (nSPS) is 19.7. The molecule has 3 aliphatic heterocycles. The molecule has 5 rings (SSSR count). The van der Waals surface area contributed by atoms with Crippen LogP contribution in [-0.4, -0.2) is 74.5 Å². The van der Waals surface area contributed by atoms with E-state index in [1.54, 1.807) is 24.3 Å². The first kappa shape index (κ1) is 24.4. The molecule has 8 nitrogen and oxygen atoms in total. The van der Waals surface area contributed by atoms with Crippen LogP contribution in [0.5, 0.6) is 11.5 Å². The van der Waals surface area contributed by atoms with Gasteiger partial charge >= 0.3 is 0 Å². The van der Waals surface area contributed by atoms with Gasteiger partial charge in [-0.05, 0) is 48.2 Å². The van der Waals surface area contributed by atoms with E-state index in [0.29, 0.717) is 49.6 Å². The van der Waals surface area contributed by atoms with E-state index in [2.05, 4.69) is 11.0 Å². The first-order chi connectivity index (χ1) is 16.9. The van der Waals surface area contributed by atoms with E-state index >= 15 is 0 Å². The van der Waals surface area contributed by atoms with Gasteiger partial charge in [0.25, 0.3) is 0 Å². The zero-order valence-electron chi connectivity index (χ0n) is 19.6. The third kappa shape index (κ3) is 5.74. The third-order valence-corrected chi connectivity index (χ3v) is 9.09. The molecule has 0 N–H and O–H groups in total. The summed E-state index contributed by atoms with van der Waals surface area (Å²) in [6.45, 7) is 4.86. The lowest BCUT2D eigenvalue weighted by Crippen LogP contribution is -2.51. The van der Waals surface area contributed by atoms with Gasteiger partial charge in [-0.3, -0.25) is 9.69 Å². The maximum atomic E-state index is 13.1. The van der Waals surface area contributed by atoms with Crippen molar-refractivity contribution in [2.24, 2.45) is 5.92 Å². The molecule has 0 aromatic heterocycles. The van der Waals surface area contributed by atoms with Crippen molar-refractivity contribution in [2.75, 3.05) is 46.1 Å². The Labute approximate surface area is 211 Å². The van der Waals surface area contributed by atoms with Crippen LogP contribution in [0.2, 0.25) is 5.02 Å². The molecule has 0 saturated carbocycles. The van der Waals surface area contributed by atoms with Crippen molar-refractivity contribution >= 4 is 27.5 Å². The van der Waals surface area contributed by atoms with E-state index in [0.717, 1.165) is 31.1 Å². The van der Waals surface area contributed by atoms with Crippen molar-refractivity contribution in [3.8, 4) is 11.5 Å². The number of amides is 1. The molecule has 2 aromatic rings. The van der Waals surface area contributed by atoms with Crippen LogP contribution in [0, 0.1) is 5.92 Å². The van der Waals surface area contributed by atoms with Gasteiger partial charge in [0.15, 0.2) is 11.5 Å². The van der Waals surface area contributed by atoms with E-state index in [1.807, 2.05) is 17.0 Å². The molecule has 188 valence electrons. The van der Waals surface area contributed by atoms with Crippen LogP contribution in [0.3, 0.4) is 0 Å². The summed E-state index contributed by atoms with van der Waals surface area (Å²) in [6, 6.07) is 12.9. The molecule has 3 heterocycles. The molecule has 0 spiro atoms. The summed E-state index contributed by atoms with van der Waals surface area (Å²) in [7, 11) is -3.42. The molecule has 0 radical (unpaired) electrons. The Morgan fingerprint density at radius 2 is 1.54 bits per heavy atom. The number of benzene rings is 2. The van der Waals surface area contributed by atoms with Gasteiger partial charge in [-0.1, -0.05) is 29.8 Å². The molecule has 0 aliphatic carbocycles. The van der Waals surface area contributed by atoms with Gasteiger partial charge in [-0.15, -0.1) is 0 Å². The average molecular weight is 520 g/mol. The second kappa shape index (κ2) is 10.3. The Kier molecular flexibility index (Phi) is 7.20. The number of piperidine rings is 1. The van der Waals surface area contributed by atoms with Crippen molar-refractivity contribution in [3.63, 3.8) is 0 Å². The van der Waals surface area contributed by atoms with Crippen molar-refractivity contribution in [3.05, 3.63) is 58.6 Å². The first-order valence-electron chi connectivity index (χ1n) is 12.0. The Bertz CT molecular complexity index is 1160. The minimum Gasteiger partial charge on any atom is -0.454 e. The summed E-state index contributed by atoms with van der Waals surface area (Å²) in [5.41, 5.74) is 1.88. The number of nitrogens with zero attached hydrogens (tertiary/aromatic N) is 3. The van der Waals surface area contributed by atoms with Gasteiger partial charge in [0.1, 0.15) is 0 Å². The fourth-order valence-electron chi connectivity index (χ4n) is 4.95. The molecule has 35 heavy (non-hydrogen) atoms. The van der Waals surface area contributed by atoms with Crippen LogP contribution in [-0.2, 0) is 27.1 Å². The number of piperazine rings is 1. The number of rotatable bonds is 6. The lowest BCUT2D eigenvalue weighted by atomic mass is 9.96. The number of ether oxygens (including phenoxy) is 2. The zero-order valence-corrected chi connectivity index (χ0v) is 21.1. The highest BCUT2D eigenvalue weighted by Crippen LogP contribution is 2.33. The summed E-state index contributed by atoms with van der Waals surface area (Å²) in [5, 5.41) is 0.583. The molecule has 2 aromatic carbocycles. The maximum Gasteiger partial charge on any atom is 0.231 e. The van der Waals surface area contributed by atoms with Crippen LogP contribution < -0.4 is 9.47 Å². The summed E-state index contributed by atoms with van der Waals surface area (Å²) >= 11 is 5.90. The predicted octanol–water partition coefficient (Wildman–Crippen LogP) is 2.95. The van der Waals surface area contributed by atoms with Crippen LogP contribution in [0.15, 0.2) is 42.5 Å². The summed E-state index contributed by atoms with van der Waals surface area (Å²) in [4.78, 5) is 17.4. The second-order valence-corrected chi connectivity index (χ2v) is 11.8. The predicted molar refractivity (Wildman–Crippen MR) is 133 cm³/mol. The number of fused-ring (bicyclic) bond motifs is 1. The van der Waals surface area contributed by atoms with E-state index < -0.39 is 10.0 Å². The van der Waals surface area contributed by atoms with Crippen LogP contribution >= 0.6 is 11.6 Å². The number of carbonyl (C=O) groups is 1. The highest BCUT2D eigenvalue weighted by Gasteiger charge is 2.34. The summed E-state index contributed by atoms with van der Waals surface area (Å²) in [5.74, 6) is 1.57. The number of hydrogen-bond donors (Lipinski definition) is 0. The fourth-order valence-corrected chi connectivity index (χ4v) is 6.63. The molecule has 1 amide bonds. The van der Waals surface area contributed by atoms with Crippen molar-refractivity contribution in [2.45, 2.75) is 25.1 Å². The maximum absolute atomic E-state index is 13.1. The lowest BCUT2D eigenvalue weighted by Gasteiger charge is -2.38. The molecule has 0 atom stereocenters. The topological polar surface area (TPSA) is 79.4 Å². The lowest BCUT2D eigenvalue weighted by molar-refractivity contribution is -0.138. The molecule has 0 unspecified atom stereocenters. The molecule has 3 aliphatic rings. The molecule has 0 bridgehead atoms. The van der Waals surface area contributed by atoms with Gasteiger partial charge in [-0.2, -0.15) is 0 Å². The smallest absolute Gasteiger partial charge is 0.231 e. The standard InChI is InChI=1S/C25H30ClN3O5S/c26-22-4-1-19(2-5-22)17-35(31,32)29-9-7-21(8-10-29)25(30)28-13-11-27(12-14-28)16-20-3-6-23-24(15-20)34-18-33-23/h1-6,15,21H,7-14,16-18H2. The number of carbonyl (C=O) groups excluding carboxylic acids is 1. The van der Waals surface area contributed by atoms with Crippen LogP contribution in [0.1, 0.15) is 24.0 Å². The monoisotopic (exact) mass is 519 g/mol. The van der Waals surface area contributed by atoms with Gasteiger partial charge in [0, 0.05) is 56.8 Å². The van der Waals surface area contributed by atoms with Crippen molar-refractivity contribution in [1.82, 2.24) is 14.1 Å². The fraction of sp³-hybridized carbons (Fsp3) is 0.480. The van der Waals surface area contributed by atoms with Gasteiger partial charge in [0.05, 0.1) is 5.75 Å². The van der Waals surface area contributed by atoms with Crippen molar-refractivity contribution < 1.29 is 22.7 Å². The molecule has 2 fully saturated rings. The quantitative estimate of drug-likeness (QED) is 0.584. The van der Waals surface area contributed by atoms with Gasteiger partial charge < -0.3 is 14.4 Å². The number of hydrogen-bond acceptors (Lipinski definition) is 6. The minimum atomic E-state index is -3.42. The zero-order chi connectivity index (χ0) is 24.4. The Morgan fingerprint density at radius 3 is 2.26 bits per heavy atom. The molecular weight excluding hydrogens is 490 g/mol. The largest absolute Gasteiger partial charge is 0.454 e.